The summed E-state index contributed by atoms with van der Waals surface area (Å²) in [5.74, 6) is 1.76. The van der Waals surface area contributed by atoms with E-state index in [1.54, 1.807) is 25.1 Å². The predicted octanol–water partition coefficient (Wildman–Crippen LogP) is 3.34. The van der Waals surface area contributed by atoms with E-state index in [1.807, 2.05) is 6.07 Å². The maximum Gasteiger partial charge on any atom is 0.338 e. The van der Waals surface area contributed by atoms with Gasteiger partial charge < -0.3 is 9.30 Å². The number of esters is 1. The van der Waals surface area contributed by atoms with Crippen LogP contribution in [0.2, 0.25) is 0 Å². The van der Waals surface area contributed by atoms with Gasteiger partial charge in [-0.1, -0.05) is 32.0 Å². The van der Waals surface area contributed by atoms with E-state index in [0.29, 0.717) is 36.5 Å². The van der Waals surface area contributed by atoms with E-state index in [4.69, 9.17) is 4.74 Å². The Morgan fingerprint density at radius 1 is 1.15 bits per heavy atom. The third kappa shape index (κ3) is 4.77. The standard InChI is InChI=1S/C20H27N3O3/c1-5-23-18(21-22-19(23)14(3)4)12-11-16(24)13-15-9-7-8-10-17(15)20(25)26-6-2/h7-10,14H,5-6,11-13H2,1-4H3. The summed E-state index contributed by atoms with van der Waals surface area (Å²) in [6.45, 7) is 9.08. The van der Waals surface area contributed by atoms with E-state index in [9.17, 15) is 9.59 Å². The lowest BCUT2D eigenvalue weighted by Gasteiger charge is -2.10. The van der Waals surface area contributed by atoms with Crippen molar-refractivity contribution >= 4 is 11.8 Å². The van der Waals surface area contributed by atoms with Crippen molar-refractivity contribution in [2.45, 2.75) is 59.4 Å². The number of aromatic nitrogens is 3. The van der Waals surface area contributed by atoms with E-state index in [0.717, 1.165) is 18.2 Å². The molecule has 2 rings (SSSR count). The number of hydrogen-bond acceptors (Lipinski definition) is 5. The molecule has 6 nitrogen and oxygen atoms in total. The fraction of sp³-hybridized carbons (Fsp3) is 0.500. The molecule has 1 aromatic heterocycles. The molecule has 0 aliphatic rings. The van der Waals surface area contributed by atoms with Gasteiger partial charge in [0.05, 0.1) is 12.2 Å². The highest BCUT2D eigenvalue weighted by Crippen LogP contribution is 2.16. The summed E-state index contributed by atoms with van der Waals surface area (Å²) < 4.78 is 7.14. The van der Waals surface area contributed by atoms with E-state index in [2.05, 4.69) is 35.5 Å². The first-order chi connectivity index (χ1) is 12.5. The van der Waals surface area contributed by atoms with Crippen LogP contribution in [0, 0.1) is 0 Å². The maximum atomic E-state index is 12.4. The molecule has 6 heteroatoms. The molecule has 0 aliphatic carbocycles. The van der Waals surface area contributed by atoms with Gasteiger partial charge in [-0.15, -0.1) is 10.2 Å². The Morgan fingerprint density at radius 3 is 2.54 bits per heavy atom. The van der Waals surface area contributed by atoms with Crippen LogP contribution in [-0.2, 0) is 28.9 Å². The Morgan fingerprint density at radius 2 is 1.88 bits per heavy atom. The van der Waals surface area contributed by atoms with Crippen molar-refractivity contribution in [3.63, 3.8) is 0 Å². The van der Waals surface area contributed by atoms with Crippen LogP contribution in [0.1, 0.15) is 67.6 Å². The van der Waals surface area contributed by atoms with Crippen LogP contribution in [-0.4, -0.2) is 33.1 Å². The fourth-order valence-electron chi connectivity index (χ4n) is 2.94. The van der Waals surface area contributed by atoms with Gasteiger partial charge in [-0.3, -0.25) is 4.79 Å². The van der Waals surface area contributed by atoms with Gasteiger partial charge in [0.15, 0.2) is 0 Å². The summed E-state index contributed by atoms with van der Waals surface area (Å²) in [6.07, 6.45) is 1.13. The van der Waals surface area contributed by atoms with Gasteiger partial charge in [0.2, 0.25) is 0 Å². The SMILES string of the molecule is CCOC(=O)c1ccccc1CC(=O)CCc1nnc(C(C)C)n1CC. The van der Waals surface area contributed by atoms with Gasteiger partial charge in [-0.05, 0) is 25.5 Å². The molecule has 1 aromatic carbocycles. The largest absolute Gasteiger partial charge is 0.462 e. The minimum absolute atomic E-state index is 0.0681. The minimum Gasteiger partial charge on any atom is -0.462 e. The molecule has 0 fully saturated rings. The lowest BCUT2D eigenvalue weighted by Crippen LogP contribution is -2.13. The molecule has 2 aromatic rings. The lowest BCUT2D eigenvalue weighted by molar-refractivity contribution is -0.118. The molecule has 26 heavy (non-hydrogen) atoms. The monoisotopic (exact) mass is 357 g/mol. The van der Waals surface area contributed by atoms with Gasteiger partial charge in [0.1, 0.15) is 17.4 Å². The smallest absolute Gasteiger partial charge is 0.338 e. The zero-order chi connectivity index (χ0) is 19.1. The number of ketones is 1. The quantitative estimate of drug-likeness (QED) is 0.644. The van der Waals surface area contributed by atoms with Crippen molar-refractivity contribution in [2.75, 3.05) is 6.61 Å². The summed E-state index contributed by atoms with van der Waals surface area (Å²) in [7, 11) is 0. The maximum absolute atomic E-state index is 12.4. The number of rotatable bonds is 9. The third-order valence-electron chi connectivity index (χ3n) is 4.22. The molecule has 0 radical (unpaired) electrons. The van der Waals surface area contributed by atoms with E-state index in [1.165, 1.54) is 0 Å². The van der Waals surface area contributed by atoms with Crippen molar-refractivity contribution in [1.82, 2.24) is 14.8 Å². The number of nitrogens with zero attached hydrogens (tertiary/aromatic N) is 3. The minimum atomic E-state index is -0.386. The van der Waals surface area contributed by atoms with Crippen molar-refractivity contribution < 1.29 is 14.3 Å². The Kier molecular flexibility index (Phi) is 7.06. The Hall–Kier alpha value is -2.50. The van der Waals surface area contributed by atoms with Gasteiger partial charge in [0.25, 0.3) is 0 Å². The van der Waals surface area contributed by atoms with Gasteiger partial charge in [-0.2, -0.15) is 0 Å². The second-order valence-electron chi connectivity index (χ2n) is 6.47. The van der Waals surface area contributed by atoms with Gasteiger partial charge in [0, 0.05) is 31.7 Å². The molecule has 0 bridgehead atoms. The predicted molar refractivity (Wildman–Crippen MR) is 99.2 cm³/mol. The van der Waals surface area contributed by atoms with Crippen molar-refractivity contribution in [1.29, 1.82) is 0 Å². The lowest BCUT2D eigenvalue weighted by atomic mass is 10.0. The van der Waals surface area contributed by atoms with Crippen LogP contribution < -0.4 is 0 Å². The molecule has 0 saturated heterocycles. The highest BCUT2D eigenvalue weighted by atomic mass is 16.5. The molecule has 0 aliphatic heterocycles. The number of carbonyl (C=O) groups excluding carboxylic acids is 2. The second kappa shape index (κ2) is 9.27. The fourth-order valence-corrected chi connectivity index (χ4v) is 2.94. The number of ether oxygens (including phenoxy) is 1. The molecule has 1 heterocycles. The highest BCUT2D eigenvalue weighted by molar-refractivity contribution is 5.93. The van der Waals surface area contributed by atoms with Crippen LogP contribution in [0.5, 0.6) is 0 Å². The van der Waals surface area contributed by atoms with Gasteiger partial charge in [-0.25, -0.2) is 4.79 Å². The number of Topliss-reactive ketones (excluding diaryl/α,β-unsaturated/α-hetero) is 1. The van der Waals surface area contributed by atoms with Crippen molar-refractivity contribution in [3.8, 4) is 0 Å². The average molecular weight is 357 g/mol. The molecule has 140 valence electrons. The van der Waals surface area contributed by atoms with E-state index in [-0.39, 0.29) is 18.2 Å². The molecule has 0 unspecified atom stereocenters. The topological polar surface area (TPSA) is 74.1 Å². The summed E-state index contributed by atoms with van der Waals surface area (Å²) in [4.78, 5) is 24.5. The zero-order valence-electron chi connectivity index (χ0n) is 16.0. The summed E-state index contributed by atoms with van der Waals surface area (Å²) in [6, 6.07) is 7.10. The van der Waals surface area contributed by atoms with Crippen molar-refractivity contribution in [3.05, 3.63) is 47.0 Å². The van der Waals surface area contributed by atoms with Crippen LogP contribution in [0.25, 0.3) is 0 Å². The molecule has 0 atom stereocenters. The first-order valence-corrected chi connectivity index (χ1v) is 9.16. The molecular formula is C20H27N3O3. The van der Waals surface area contributed by atoms with Gasteiger partial charge >= 0.3 is 5.97 Å². The number of aryl methyl sites for hydroxylation is 1. The Balaban J connectivity index is 2.03. The molecular weight excluding hydrogens is 330 g/mol. The number of carbonyl (C=O) groups is 2. The average Bonchev–Trinajstić information content (AvgIpc) is 3.04. The molecule has 0 amide bonds. The first kappa shape index (κ1) is 19.8. The van der Waals surface area contributed by atoms with E-state index < -0.39 is 0 Å². The molecule has 0 N–H and O–H groups in total. The number of benzene rings is 1. The van der Waals surface area contributed by atoms with E-state index >= 15 is 0 Å². The van der Waals surface area contributed by atoms with Crippen LogP contribution in [0.4, 0.5) is 0 Å². The Bertz CT molecular complexity index is 765. The Labute approximate surface area is 154 Å². The van der Waals surface area contributed by atoms with Crippen LogP contribution in [0.15, 0.2) is 24.3 Å². The zero-order valence-corrected chi connectivity index (χ0v) is 16.0. The normalized spacial score (nSPS) is 11.0. The number of hydrogen-bond donors (Lipinski definition) is 0. The van der Waals surface area contributed by atoms with Crippen LogP contribution >= 0.6 is 0 Å². The van der Waals surface area contributed by atoms with Crippen LogP contribution in [0.3, 0.4) is 0 Å². The molecule has 0 saturated carbocycles. The van der Waals surface area contributed by atoms with Crippen molar-refractivity contribution in [2.24, 2.45) is 0 Å². The summed E-state index contributed by atoms with van der Waals surface area (Å²) in [5, 5.41) is 8.49. The third-order valence-corrected chi connectivity index (χ3v) is 4.22. The first-order valence-electron chi connectivity index (χ1n) is 9.16. The summed E-state index contributed by atoms with van der Waals surface area (Å²) >= 11 is 0. The highest BCUT2D eigenvalue weighted by Gasteiger charge is 2.17. The molecule has 0 spiro atoms. The second-order valence-corrected chi connectivity index (χ2v) is 6.47. The summed E-state index contributed by atoms with van der Waals surface area (Å²) in [5.41, 5.74) is 1.16.